The van der Waals surface area contributed by atoms with Crippen LogP contribution in [0.5, 0.6) is 5.75 Å². The fourth-order valence-electron chi connectivity index (χ4n) is 1.56. The first-order valence-corrected chi connectivity index (χ1v) is 5.27. The Hall–Kier alpha value is -2.23. The van der Waals surface area contributed by atoms with Gasteiger partial charge in [-0.1, -0.05) is 0 Å². The van der Waals surface area contributed by atoms with Gasteiger partial charge in [-0.3, -0.25) is 4.79 Å². The summed E-state index contributed by atoms with van der Waals surface area (Å²) in [5.74, 6) is -0.246. The first-order chi connectivity index (χ1) is 8.08. The average molecular weight is 230 g/mol. The van der Waals surface area contributed by atoms with Crippen molar-refractivity contribution in [3.8, 4) is 11.4 Å². The number of rotatable bonds is 2. The standard InChI is InChI=1S/C13H14N2O2/c1-14(2)10-3-5-11(6-4-10)15-8-7-12(16)13(17)9-15/h3-9,17H,1-2H3. The van der Waals surface area contributed by atoms with E-state index in [9.17, 15) is 9.90 Å². The Labute approximate surface area is 99.4 Å². The van der Waals surface area contributed by atoms with Crippen molar-refractivity contribution in [2.24, 2.45) is 0 Å². The Morgan fingerprint density at radius 1 is 1.12 bits per heavy atom. The van der Waals surface area contributed by atoms with Crippen molar-refractivity contribution >= 4 is 5.69 Å². The molecule has 4 nitrogen and oxygen atoms in total. The smallest absolute Gasteiger partial charge is 0.223 e. The lowest BCUT2D eigenvalue weighted by molar-refractivity contribution is 0.465. The summed E-state index contributed by atoms with van der Waals surface area (Å²) in [7, 11) is 3.94. The van der Waals surface area contributed by atoms with Gasteiger partial charge >= 0.3 is 0 Å². The van der Waals surface area contributed by atoms with E-state index in [1.54, 1.807) is 10.8 Å². The highest BCUT2D eigenvalue weighted by Crippen LogP contribution is 2.15. The minimum atomic E-state index is -0.369. The van der Waals surface area contributed by atoms with E-state index in [4.69, 9.17) is 0 Å². The zero-order chi connectivity index (χ0) is 12.4. The Morgan fingerprint density at radius 2 is 1.76 bits per heavy atom. The van der Waals surface area contributed by atoms with Gasteiger partial charge < -0.3 is 14.6 Å². The van der Waals surface area contributed by atoms with Gasteiger partial charge in [-0.2, -0.15) is 0 Å². The third kappa shape index (κ3) is 2.30. The molecular formula is C13H14N2O2. The molecule has 0 aliphatic heterocycles. The molecule has 2 rings (SSSR count). The van der Waals surface area contributed by atoms with Crippen molar-refractivity contribution in [3.63, 3.8) is 0 Å². The number of nitrogens with zero attached hydrogens (tertiary/aromatic N) is 2. The maximum Gasteiger partial charge on any atom is 0.223 e. The normalized spacial score (nSPS) is 10.2. The summed E-state index contributed by atoms with van der Waals surface area (Å²) in [4.78, 5) is 13.1. The van der Waals surface area contributed by atoms with Crippen molar-refractivity contribution < 1.29 is 5.11 Å². The number of aromatic nitrogens is 1. The zero-order valence-electron chi connectivity index (χ0n) is 9.79. The Bertz CT molecular complexity index is 571. The second-order valence-corrected chi connectivity index (χ2v) is 4.01. The molecule has 0 atom stereocenters. The van der Waals surface area contributed by atoms with Crippen molar-refractivity contribution in [2.45, 2.75) is 0 Å². The van der Waals surface area contributed by atoms with Crippen molar-refractivity contribution in [1.29, 1.82) is 0 Å². The van der Waals surface area contributed by atoms with E-state index in [2.05, 4.69) is 0 Å². The molecule has 1 N–H and O–H groups in total. The summed E-state index contributed by atoms with van der Waals surface area (Å²) in [6.45, 7) is 0. The predicted octanol–water partition coefficient (Wildman–Crippen LogP) is 1.61. The summed E-state index contributed by atoms with van der Waals surface area (Å²) in [6, 6.07) is 9.16. The van der Waals surface area contributed by atoms with E-state index >= 15 is 0 Å². The van der Waals surface area contributed by atoms with Crippen molar-refractivity contribution in [2.75, 3.05) is 19.0 Å². The molecule has 1 aromatic carbocycles. The lowest BCUT2D eigenvalue weighted by Gasteiger charge is -2.13. The summed E-state index contributed by atoms with van der Waals surface area (Å²) in [6.07, 6.45) is 3.04. The second kappa shape index (κ2) is 4.33. The van der Waals surface area contributed by atoms with Crippen LogP contribution in [0.1, 0.15) is 0 Å². The molecule has 1 aromatic heterocycles. The molecule has 0 saturated heterocycles. The van der Waals surface area contributed by atoms with Crippen LogP contribution in [0.15, 0.2) is 47.5 Å². The molecule has 88 valence electrons. The second-order valence-electron chi connectivity index (χ2n) is 4.01. The van der Waals surface area contributed by atoms with Crippen molar-refractivity contribution in [1.82, 2.24) is 4.57 Å². The van der Waals surface area contributed by atoms with Crippen LogP contribution in [0.4, 0.5) is 5.69 Å². The number of hydrogen-bond donors (Lipinski definition) is 1. The van der Waals surface area contributed by atoms with Gasteiger partial charge in [-0.05, 0) is 24.3 Å². The summed E-state index contributed by atoms with van der Waals surface area (Å²) in [5.41, 5.74) is 1.62. The third-order valence-corrected chi connectivity index (χ3v) is 2.56. The van der Waals surface area contributed by atoms with Crippen LogP contribution in [0, 0.1) is 0 Å². The summed E-state index contributed by atoms with van der Waals surface area (Å²) < 4.78 is 1.70. The first-order valence-electron chi connectivity index (χ1n) is 5.27. The minimum absolute atomic E-state index is 0.246. The Balaban J connectivity index is 2.39. The quantitative estimate of drug-likeness (QED) is 0.852. The van der Waals surface area contributed by atoms with E-state index in [0.29, 0.717) is 0 Å². The molecule has 0 radical (unpaired) electrons. The number of pyridine rings is 1. The van der Waals surface area contributed by atoms with Gasteiger partial charge in [-0.25, -0.2) is 0 Å². The number of benzene rings is 1. The summed E-state index contributed by atoms with van der Waals surface area (Å²) >= 11 is 0. The van der Waals surface area contributed by atoms with Gasteiger partial charge in [0.2, 0.25) is 5.43 Å². The van der Waals surface area contributed by atoms with E-state index in [1.165, 1.54) is 12.3 Å². The fraction of sp³-hybridized carbons (Fsp3) is 0.154. The number of aromatic hydroxyl groups is 1. The molecule has 0 spiro atoms. The van der Waals surface area contributed by atoms with Crippen LogP contribution < -0.4 is 10.3 Å². The number of hydrogen-bond acceptors (Lipinski definition) is 3. The van der Waals surface area contributed by atoms with Crippen LogP contribution in [-0.4, -0.2) is 23.8 Å². The average Bonchev–Trinajstić information content (AvgIpc) is 2.33. The van der Waals surface area contributed by atoms with Gasteiger partial charge in [0, 0.05) is 37.7 Å². The van der Waals surface area contributed by atoms with Gasteiger partial charge in [-0.15, -0.1) is 0 Å². The van der Waals surface area contributed by atoms with E-state index in [-0.39, 0.29) is 11.2 Å². The third-order valence-electron chi connectivity index (χ3n) is 2.56. The van der Waals surface area contributed by atoms with Crippen LogP contribution in [0.3, 0.4) is 0 Å². The SMILES string of the molecule is CN(C)c1ccc(-n2ccc(=O)c(O)c2)cc1. The maximum atomic E-state index is 11.1. The molecule has 0 unspecified atom stereocenters. The van der Waals surface area contributed by atoms with E-state index in [0.717, 1.165) is 11.4 Å². The fourth-order valence-corrected chi connectivity index (χ4v) is 1.56. The van der Waals surface area contributed by atoms with Gasteiger partial charge in [0.15, 0.2) is 5.75 Å². The lowest BCUT2D eigenvalue weighted by atomic mass is 10.2. The molecule has 0 bridgehead atoms. The molecule has 0 amide bonds. The maximum absolute atomic E-state index is 11.1. The molecule has 0 fully saturated rings. The highest BCUT2D eigenvalue weighted by Gasteiger charge is 2.00. The monoisotopic (exact) mass is 230 g/mol. The molecule has 1 heterocycles. The van der Waals surface area contributed by atoms with Gasteiger partial charge in [0.05, 0.1) is 6.20 Å². The predicted molar refractivity (Wildman–Crippen MR) is 68.0 cm³/mol. The molecule has 4 heteroatoms. The zero-order valence-corrected chi connectivity index (χ0v) is 9.79. The van der Waals surface area contributed by atoms with Gasteiger partial charge in [0.25, 0.3) is 0 Å². The number of anilines is 1. The summed E-state index contributed by atoms with van der Waals surface area (Å²) in [5, 5.41) is 9.36. The van der Waals surface area contributed by atoms with E-state index < -0.39 is 0 Å². The highest BCUT2D eigenvalue weighted by atomic mass is 16.3. The Morgan fingerprint density at radius 3 is 2.29 bits per heavy atom. The topological polar surface area (TPSA) is 45.5 Å². The largest absolute Gasteiger partial charge is 0.503 e. The van der Waals surface area contributed by atoms with Crippen molar-refractivity contribution in [3.05, 3.63) is 52.9 Å². The first kappa shape index (κ1) is 11.3. The molecule has 0 saturated carbocycles. The van der Waals surface area contributed by atoms with Crippen LogP contribution in [-0.2, 0) is 0 Å². The van der Waals surface area contributed by atoms with Crippen LogP contribution >= 0.6 is 0 Å². The van der Waals surface area contributed by atoms with Crippen LogP contribution in [0.2, 0.25) is 0 Å². The molecule has 2 aromatic rings. The Kier molecular flexibility index (Phi) is 2.87. The molecule has 17 heavy (non-hydrogen) atoms. The molecular weight excluding hydrogens is 216 g/mol. The van der Waals surface area contributed by atoms with Gasteiger partial charge in [0.1, 0.15) is 0 Å². The molecule has 0 aliphatic rings. The van der Waals surface area contributed by atoms with Crippen LogP contribution in [0.25, 0.3) is 5.69 Å². The minimum Gasteiger partial charge on any atom is -0.503 e. The molecule has 0 aliphatic carbocycles. The highest BCUT2D eigenvalue weighted by molar-refractivity contribution is 5.50. The van der Waals surface area contributed by atoms with E-state index in [1.807, 2.05) is 43.3 Å². The lowest BCUT2D eigenvalue weighted by Crippen LogP contribution is -2.08.